The molecule has 0 fully saturated rings. The summed E-state index contributed by atoms with van der Waals surface area (Å²) >= 11 is 0. The fourth-order valence-electron chi connectivity index (χ4n) is 1.87. The van der Waals surface area contributed by atoms with E-state index >= 15 is 0 Å². The van der Waals surface area contributed by atoms with Crippen LogP contribution in [0.1, 0.15) is 45.7 Å². The van der Waals surface area contributed by atoms with E-state index in [1.807, 2.05) is 18.3 Å². The molecule has 0 bridgehead atoms. The lowest BCUT2D eigenvalue weighted by Crippen LogP contribution is -2.33. The Hall–Kier alpha value is -1.58. The number of unbranched alkanes of at least 4 members (excludes halogenated alkanes) is 1. The average molecular weight is 248 g/mol. The number of anilines is 1. The zero-order valence-electron chi connectivity index (χ0n) is 11.6. The summed E-state index contributed by atoms with van der Waals surface area (Å²) in [4.78, 5) is 6.61. The number of rotatable bonds is 7. The molecule has 4 nitrogen and oxygen atoms in total. The summed E-state index contributed by atoms with van der Waals surface area (Å²) in [6.07, 6.45) is 5.29. The Kier molecular flexibility index (Phi) is 5.62. The van der Waals surface area contributed by atoms with Crippen molar-refractivity contribution in [1.82, 2.24) is 4.98 Å². The van der Waals surface area contributed by atoms with Gasteiger partial charge in [0.15, 0.2) is 0 Å². The van der Waals surface area contributed by atoms with Crippen LogP contribution in [0.15, 0.2) is 18.3 Å². The van der Waals surface area contributed by atoms with Gasteiger partial charge in [0.05, 0.1) is 11.9 Å². The molecule has 1 atom stereocenters. The number of amidine groups is 1. The Morgan fingerprint density at radius 2 is 2.17 bits per heavy atom. The number of hydrogen-bond acceptors (Lipinski definition) is 3. The summed E-state index contributed by atoms with van der Waals surface area (Å²) in [6.45, 7) is 7.67. The summed E-state index contributed by atoms with van der Waals surface area (Å²) in [6, 6.07) is 4.33. The van der Waals surface area contributed by atoms with Gasteiger partial charge in [-0.2, -0.15) is 0 Å². The van der Waals surface area contributed by atoms with E-state index in [4.69, 9.17) is 11.1 Å². The minimum Gasteiger partial charge on any atom is -0.382 e. The molecule has 1 aromatic rings. The van der Waals surface area contributed by atoms with Gasteiger partial charge in [0.25, 0.3) is 0 Å². The third-order valence-corrected chi connectivity index (χ3v) is 3.23. The summed E-state index contributed by atoms with van der Waals surface area (Å²) in [5.74, 6) is 0.0187. The van der Waals surface area contributed by atoms with Crippen molar-refractivity contribution in [2.24, 2.45) is 5.73 Å². The molecule has 0 aliphatic heterocycles. The van der Waals surface area contributed by atoms with Crippen LogP contribution in [0, 0.1) is 5.41 Å². The highest BCUT2D eigenvalue weighted by atomic mass is 15.2. The van der Waals surface area contributed by atoms with Crippen LogP contribution in [0.3, 0.4) is 0 Å². The van der Waals surface area contributed by atoms with Crippen LogP contribution >= 0.6 is 0 Å². The van der Waals surface area contributed by atoms with Gasteiger partial charge in [-0.05, 0) is 31.9 Å². The normalized spacial score (nSPS) is 12.2. The van der Waals surface area contributed by atoms with Gasteiger partial charge in [0.2, 0.25) is 0 Å². The minimum atomic E-state index is 0.0187. The van der Waals surface area contributed by atoms with Crippen molar-refractivity contribution in [2.75, 3.05) is 11.4 Å². The fraction of sp³-hybridized carbons (Fsp3) is 0.571. The molecular formula is C14H24N4. The molecule has 0 saturated heterocycles. The Morgan fingerprint density at radius 3 is 2.61 bits per heavy atom. The van der Waals surface area contributed by atoms with Crippen molar-refractivity contribution in [3.63, 3.8) is 0 Å². The summed E-state index contributed by atoms with van der Waals surface area (Å²) in [7, 11) is 0. The molecule has 0 aliphatic carbocycles. The molecule has 0 amide bonds. The first kappa shape index (κ1) is 14.5. The molecule has 18 heavy (non-hydrogen) atoms. The van der Waals surface area contributed by atoms with Crippen molar-refractivity contribution in [3.05, 3.63) is 24.0 Å². The zero-order chi connectivity index (χ0) is 13.5. The first-order chi connectivity index (χ1) is 8.60. The third-order valence-electron chi connectivity index (χ3n) is 3.23. The van der Waals surface area contributed by atoms with Crippen molar-refractivity contribution in [3.8, 4) is 0 Å². The topological polar surface area (TPSA) is 66.0 Å². The van der Waals surface area contributed by atoms with Gasteiger partial charge in [0, 0.05) is 12.6 Å². The van der Waals surface area contributed by atoms with Gasteiger partial charge in [0.1, 0.15) is 11.5 Å². The third kappa shape index (κ3) is 3.72. The second-order valence-electron chi connectivity index (χ2n) is 4.62. The fourth-order valence-corrected chi connectivity index (χ4v) is 1.87. The summed E-state index contributed by atoms with van der Waals surface area (Å²) in [5.41, 5.74) is 7.07. The molecule has 0 radical (unpaired) electrons. The number of nitrogen functional groups attached to an aromatic ring is 1. The number of nitrogens with two attached hydrogens (primary N) is 1. The van der Waals surface area contributed by atoms with E-state index in [-0.39, 0.29) is 5.84 Å². The highest BCUT2D eigenvalue weighted by Gasteiger charge is 2.13. The monoisotopic (exact) mass is 248 g/mol. The minimum absolute atomic E-state index is 0.0187. The number of pyridine rings is 1. The van der Waals surface area contributed by atoms with Crippen LogP contribution < -0.4 is 10.6 Å². The SMILES string of the molecule is CCCCN(c1ccc(C(=N)N)nc1)C(C)CC. The van der Waals surface area contributed by atoms with Crippen LogP contribution in [0.25, 0.3) is 0 Å². The molecule has 1 aromatic heterocycles. The van der Waals surface area contributed by atoms with E-state index in [1.165, 1.54) is 12.8 Å². The van der Waals surface area contributed by atoms with Crippen LogP contribution in [-0.2, 0) is 0 Å². The van der Waals surface area contributed by atoms with E-state index < -0.39 is 0 Å². The molecule has 4 heteroatoms. The lowest BCUT2D eigenvalue weighted by atomic mass is 10.1. The predicted octanol–water partition coefficient (Wildman–Crippen LogP) is 2.77. The second-order valence-corrected chi connectivity index (χ2v) is 4.62. The van der Waals surface area contributed by atoms with Gasteiger partial charge in [-0.15, -0.1) is 0 Å². The first-order valence-electron chi connectivity index (χ1n) is 6.67. The smallest absolute Gasteiger partial charge is 0.141 e. The number of nitrogens with zero attached hydrogens (tertiary/aromatic N) is 2. The van der Waals surface area contributed by atoms with Gasteiger partial charge in [-0.25, -0.2) is 0 Å². The van der Waals surface area contributed by atoms with E-state index in [2.05, 4.69) is 30.7 Å². The Balaban J connectivity index is 2.87. The lowest BCUT2D eigenvalue weighted by Gasteiger charge is -2.30. The maximum Gasteiger partial charge on any atom is 0.141 e. The molecule has 0 aromatic carbocycles. The van der Waals surface area contributed by atoms with Crippen molar-refractivity contribution < 1.29 is 0 Å². The number of aromatic nitrogens is 1. The largest absolute Gasteiger partial charge is 0.382 e. The van der Waals surface area contributed by atoms with Gasteiger partial charge < -0.3 is 10.6 Å². The van der Waals surface area contributed by atoms with E-state index in [0.29, 0.717) is 11.7 Å². The van der Waals surface area contributed by atoms with Crippen LogP contribution in [0.2, 0.25) is 0 Å². The van der Waals surface area contributed by atoms with Crippen LogP contribution in [-0.4, -0.2) is 23.4 Å². The Labute approximate surface area is 110 Å². The van der Waals surface area contributed by atoms with Crippen LogP contribution in [0.5, 0.6) is 0 Å². The zero-order valence-corrected chi connectivity index (χ0v) is 11.6. The van der Waals surface area contributed by atoms with E-state index in [1.54, 1.807) is 0 Å². The Bertz CT molecular complexity index is 372. The maximum absolute atomic E-state index is 7.35. The molecule has 1 unspecified atom stereocenters. The first-order valence-corrected chi connectivity index (χ1v) is 6.67. The molecule has 1 rings (SSSR count). The maximum atomic E-state index is 7.35. The van der Waals surface area contributed by atoms with E-state index in [9.17, 15) is 0 Å². The second kappa shape index (κ2) is 6.99. The molecule has 0 saturated carbocycles. The standard InChI is InChI=1S/C14H24N4/c1-4-6-9-18(11(3)5-2)12-7-8-13(14(15)16)17-10-12/h7-8,10-11H,4-6,9H2,1-3H3,(H3,15,16). The molecule has 100 valence electrons. The molecule has 0 aliphatic rings. The summed E-state index contributed by atoms with van der Waals surface area (Å²) in [5, 5.41) is 7.35. The number of nitrogens with one attached hydrogen (secondary N) is 1. The van der Waals surface area contributed by atoms with Gasteiger partial charge >= 0.3 is 0 Å². The highest BCUT2D eigenvalue weighted by Crippen LogP contribution is 2.18. The molecule has 3 N–H and O–H groups in total. The van der Waals surface area contributed by atoms with Crippen molar-refractivity contribution >= 4 is 11.5 Å². The Morgan fingerprint density at radius 1 is 1.44 bits per heavy atom. The predicted molar refractivity (Wildman–Crippen MR) is 77.3 cm³/mol. The van der Waals surface area contributed by atoms with Crippen LogP contribution in [0.4, 0.5) is 5.69 Å². The van der Waals surface area contributed by atoms with E-state index in [0.717, 1.165) is 18.7 Å². The van der Waals surface area contributed by atoms with Gasteiger partial charge in [-0.1, -0.05) is 20.3 Å². The average Bonchev–Trinajstić information content (AvgIpc) is 2.39. The number of hydrogen-bond donors (Lipinski definition) is 2. The lowest BCUT2D eigenvalue weighted by molar-refractivity contribution is 0.595. The highest BCUT2D eigenvalue weighted by molar-refractivity contribution is 5.93. The van der Waals surface area contributed by atoms with Gasteiger partial charge in [-0.3, -0.25) is 10.4 Å². The summed E-state index contributed by atoms with van der Waals surface area (Å²) < 4.78 is 0. The molecule has 1 heterocycles. The van der Waals surface area contributed by atoms with Crippen molar-refractivity contribution in [2.45, 2.75) is 46.1 Å². The molecule has 0 spiro atoms. The molecular weight excluding hydrogens is 224 g/mol. The quantitative estimate of drug-likeness (QED) is 0.576. The van der Waals surface area contributed by atoms with Crippen molar-refractivity contribution in [1.29, 1.82) is 5.41 Å².